The molecule has 1 saturated carbocycles. The van der Waals surface area contributed by atoms with E-state index < -0.39 is 0 Å². The molecule has 2 nitrogen and oxygen atoms in total. The maximum atomic E-state index is 3.61. The van der Waals surface area contributed by atoms with Crippen molar-refractivity contribution in [2.45, 2.75) is 44.6 Å². The number of nitrogens with one attached hydrogen (secondary N) is 1. The molecule has 0 radical (unpaired) electrons. The van der Waals surface area contributed by atoms with Crippen LogP contribution in [0.15, 0.2) is 30.3 Å². The second-order valence-corrected chi connectivity index (χ2v) is 6.56. The number of piperidine rings is 1. The van der Waals surface area contributed by atoms with Crippen LogP contribution in [0.2, 0.25) is 0 Å². The molecule has 0 aromatic heterocycles. The van der Waals surface area contributed by atoms with Gasteiger partial charge in [-0.2, -0.15) is 0 Å². The summed E-state index contributed by atoms with van der Waals surface area (Å²) in [7, 11) is 0. The highest BCUT2D eigenvalue weighted by Gasteiger charge is 2.21. The van der Waals surface area contributed by atoms with Crippen LogP contribution in [0.4, 0.5) is 0 Å². The fourth-order valence-electron chi connectivity index (χ4n) is 3.26. The van der Waals surface area contributed by atoms with Crippen molar-refractivity contribution in [2.75, 3.05) is 26.2 Å². The molecule has 2 heteroatoms. The van der Waals surface area contributed by atoms with E-state index in [1.54, 1.807) is 0 Å². The van der Waals surface area contributed by atoms with E-state index in [0.717, 1.165) is 12.0 Å². The van der Waals surface area contributed by atoms with E-state index in [-0.39, 0.29) is 0 Å². The fraction of sp³-hybridized carbons (Fsp3) is 0.667. The molecule has 0 spiro atoms. The lowest BCUT2D eigenvalue weighted by atomic mass is 9.90. The summed E-state index contributed by atoms with van der Waals surface area (Å²) in [4.78, 5) is 2.66. The summed E-state index contributed by atoms with van der Waals surface area (Å²) in [6.07, 6.45) is 8.17. The first-order valence-corrected chi connectivity index (χ1v) is 8.40. The van der Waals surface area contributed by atoms with Gasteiger partial charge in [-0.25, -0.2) is 0 Å². The Morgan fingerprint density at radius 3 is 2.45 bits per heavy atom. The third-order valence-electron chi connectivity index (χ3n) is 4.74. The largest absolute Gasteiger partial charge is 0.314 e. The monoisotopic (exact) mass is 272 g/mol. The molecule has 1 heterocycles. The van der Waals surface area contributed by atoms with Gasteiger partial charge >= 0.3 is 0 Å². The van der Waals surface area contributed by atoms with E-state index in [2.05, 4.69) is 40.5 Å². The van der Waals surface area contributed by atoms with Gasteiger partial charge in [0.25, 0.3) is 0 Å². The molecule has 0 amide bonds. The molecule has 3 rings (SSSR count). The quantitative estimate of drug-likeness (QED) is 0.767. The Hall–Kier alpha value is -0.860. The predicted octanol–water partition coefficient (Wildman–Crippen LogP) is 3.08. The molecule has 20 heavy (non-hydrogen) atoms. The second-order valence-electron chi connectivity index (χ2n) is 6.56. The van der Waals surface area contributed by atoms with Gasteiger partial charge < -0.3 is 10.2 Å². The molecule has 0 unspecified atom stereocenters. The average molecular weight is 272 g/mol. The molecule has 0 bridgehead atoms. The molecular weight excluding hydrogens is 244 g/mol. The van der Waals surface area contributed by atoms with Gasteiger partial charge in [0.05, 0.1) is 0 Å². The fourth-order valence-corrected chi connectivity index (χ4v) is 3.26. The number of nitrogens with zero attached hydrogens (tertiary/aromatic N) is 1. The minimum atomic E-state index is 0.867. The Kier molecular flexibility index (Phi) is 5.10. The number of likely N-dealkylation sites (tertiary alicyclic amines) is 1. The van der Waals surface area contributed by atoms with Gasteiger partial charge in [0.2, 0.25) is 0 Å². The van der Waals surface area contributed by atoms with Gasteiger partial charge in [0.1, 0.15) is 0 Å². The van der Waals surface area contributed by atoms with Crippen molar-refractivity contribution in [2.24, 2.45) is 5.92 Å². The zero-order chi connectivity index (χ0) is 13.6. The highest BCUT2D eigenvalue weighted by molar-refractivity contribution is 5.15. The molecular formula is C18H28N2. The topological polar surface area (TPSA) is 15.3 Å². The van der Waals surface area contributed by atoms with Crippen LogP contribution >= 0.6 is 0 Å². The lowest BCUT2D eigenvalue weighted by Gasteiger charge is -2.32. The van der Waals surface area contributed by atoms with Gasteiger partial charge in [-0.3, -0.25) is 0 Å². The molecule has 1 aliphatic heterocycles. The first-order valence-electron chi connectivity index (χ1n) is 8.40. The van der Waals surface area contributed by atoms with E-state index in [9.17, 15) is 0 Å². The van der Waals surface area contributed by atoms with Gasteiger partial charge in [-0.15, -0.1) is 0 Å². The van der Waals surface area contributed by atoms with E-state index >= 15 is 0 Å². The van der Waals surface area contributed by atoms with Crippen LogP contribution in [0.25, 0.3) is 0 Å². The summed E-state index contributed by atoms with van der Waals surface area (Å²) in [5.41, 5.74) is 1.51. The summed E-state index contributed by atoms with van der Waals surface area (Å²) in [5, 5.41) is 3.61. The Morgan fingerprint density at radius 2 is 1.75 bits per heavy atom. The second kappa shape index (κ2) is 7.24. The van der Waals surface area contributed by atoms with Crippen molar-refractivity contribution in [3.8, 4) is 0 Å². The lowest BCUT2D eigenvalue weighted by molar-refractivity contribution is 0.182. The Morgan fingerprint density at radius 1 is 1.00 bits per heavy atom. The third kappa shape index (κ3) is 4.60. The van der Waals surface area contributed by atoms with Crippen LogP contribution in [0.3, 0.4) is 0 Å². The smallest absolute Gasteiger partial charge is 0.00682 e. The Balaban J connectivity index is 1.30. The minimum absolute atomic E-state index is 0.867. The maximum Gasteiger partial charge on any atom is 0.00682 e. The van der Waals surface area contributed by atoms with Crippen LogP contribution in [0.5, 0.6) is 0 Å². The van der Waals surface area contributed by atoms with Gasteiger partial charge in [0, 0.05) is 6.04 Å². The van der Waals surface area contributed by atoms with Crippen molar-refractivity contribution in [1.82, 2.24) is 10.2 Å². The summed E-state index contributed by atoms with van der Waals surface area (Å²) < 4.78 is 0. The van der Waals surface area contributed by atoms with Crippen molar-refractivity contribution < 1.29 is 0 Å². The summed E-state index contributed by atoms with van der Waals surface area (Å²) >= 11 is 0. The molecule has 1 aliphatic carbocycles. The van der Waals surface area contributed by atoms with Crippen molar-refractivity contribution >= 4 is 0 Å². The maximum absolute atomic E-state index is 3.61. The van der Waals surface area contributed by atoms with Crippen LogP contribution in [0, 0.1) is 5.92 Å². The van der Waals surface area contributed by atoms with Crippen molar-refractivity contribution in [3.05, 3.63) is 35.9 Å². The number of benzene rings is 1. The summed E-state index contributed by atoms with van der Waals surface area (Å²) in [6.45, 7) is 5.12. The third-order valence-corrected chi connectivity index (χ3v) is 4.74. The first kappa shape index (κ1) is 14.1. The molecule has 1 saturated heterocycles. The van der Waals surface area contributed by atoms with Crippen molar-refractivity contribution in [3.63, 3.8) is 0 Å². The standard InChI is InChI=1S/C18H28N2/c1-2-5-16(6-3-1)15-17-9-13-20(14-10-17)12-4-11-19-18-7-8-18/h1-3,5-6,17-19H,4,7-15H2. The van der Waals surface area contributed by atoms with E-state index in [0.29, 0.717) is 0 Å². The molecule has 1 aromatic carbocycles. The number of rotatable bonds is 7. The van der Waals surface area contributed by atoms with Gasteiger partial charge in [0.15, 0.2) is 0 Å². The highest BCUT2D eigenvalue weighted by Crippen LogP contribution is 2.22. The van der Waals surface area contributed by atoms with E-state index in [4.69, 9.17) is 0 Å². The Labute approximate surface area is 123 Å². The number of hydrogen-bond donors (Lipinski definition) is 1. The SMILES string of the molecule is c1ccc(CC2CCN(CCCNC3CC3)CC2)cc1. The van der Waals surface area contributed by atoms with Crippen LogP contribution in [-0.4, -0.2) is 37.1 Å². The average Bonchev–Trinajstić information content (AvgIpc) is 3.31. The molecule has 1 N–H and O–H groups in total. The highest BCUT2D eigenvalue weighted by atomic mass is 15.1. The lowest BCUT2D eigenvalue weighted by Crippen LogP contribution is -2.36. The molecule has 0 atom stereocenters. The first-order chi connectivity index (χ1) is 9.90. The van der Waals surface area contributed by atoms with Gasteiger partial charge in [-0.1, -0.05) is 30.3 Å². The summed E-state index contributed by atoms with van der Waals surface area (Å²) in [5.74, 6) is 0.901. The van der Waals surface area contributed by atoms with E-state index in [1.807, 2.05) is 0 Å². The zero-order valence-corrected chi connectivity index (χ0v) is 12.6. The molecule has 2 aliphatic rings. The van der Waals surface area contributed by atoms with Crippen LogP contribution in [-0.2, 0) is 6.42 Å². The zero-order valence-electron chi connectivity index (χ0n) is 12.6. The van der Waals surface area contributed by atoms with Gasteiger partial charge in [-0.05, 0) is 76.2 Å². The van der Waals surface area contributed by atoms with Crippen LogP contribution < -0.4 is 5.32 Å². The molecule has 2 fully saturated rings. The Bertz CT molecular complexity index is 378. The molecule has 1 aromatic rings. The van der Waals surface area contributed by atoms with E-state index in [1.165, 1.54) is 70.3 Å². The van der Waals surface area contributed by atoms with Crippen molar-refractivity contribution in [1.29, 1.82) is 0 Å². The number of hydrogen-bond acceptors (Lipinski definition) is 2. The normalized spacial score (nSPS) is 21.2. The summed E-state index contributed by atoms with van der Waals surface area (Å²) in [6, 6.07) is 11.9. The minimum Gasteiger partial charge on any atom is -0.314 e. The molecule has 110 valence electrons. The predicted molar refractivity (Wildman–Crippen MR) is 85.0 cm³/mol. The van der Waals surface area contributed by atoms with Crippen LogP contribution in [0.1, 0.15) is 37.7 Å².